The van der Waals surface area contributed by atoms with Crippen LogP contribution in [0.1, 0.15) is 0 Å². The quantitative estimate of drug-likeness (QED) is 0.229. The predicted molar refractivity (Wildman–Crippen MR) is 26.8 cm³/mol. The molecule has 7 heavy (non-hydrogen) atoms. The molecule has 0 aromatic rings. The SMILES string of the molecule is O=CCO[PH+]=O.[Na]. The van der Waals surface area contributed by atoms with Crippen LogP contribution in [0.4, 0.5) is 0 Å². The first kappa shape index (κ1) is 10.7. The zero-order valence-corrected chi connectivity index (χ0v) is 7.01. The van der Waals surface area contributed by atoms with Crippen molar-refractivity contribution in [2.45, 2.75) is 0 Å². The van der Waals surface area contributed by atoms with Crippen LogP contribution < -0.4 is 0 Å². The Morgan fingerprint density at radius 2 is 2.29 bits per heavy atom. The molecule has 0 heterocycles. The van der Waals surface area contributed by atoms with Gasteiger partial charge < -0.3 is 4.79 Å². The maximum atomic E-state index is 9.34. The molecular weight excluding hydrogens is 126 g/mol. The van der Waals surface area contributed by atoms with Crippen LogP contribution in [0.3, 0.4) is 0 Å². The van der Waals surface area contributed by atoms with Gasteiger partial charge in [0.1, 0.15) is 0 Å². The van der Waals surface area contributed by atoms with Gasteiger partial charge in [0.05, 0.1) is 0 Å². The summed E-state index contributed by atoms with van der Waals surface area (Å²) in [5.74, 6) is 0. The van der Waals surface area contributed by atoms with Crippen LogP contribution in [0, 0.1) is 0 Å². The molecule has 0 bridgehead atoms. The van der Waals surface area contributed by atoms with Crippen LogP contribution in [0.5, 0.6) is 0 Å². The van der Waals surface area contributed by atoms with Crippen molar-refractivity contribution in [1.29, 1.82) is 0 Å². The third kappa shape index (κ3) is 10.8. The molecule has 0 aromatic carbocycles. The summed E-state index contributed by atoms with van der Waals surface area (Å²) in [6.45, 7) is -0.0675. The minimum absolute atomic E-state index is 0. The molecule has 0 aliphatic heterocycles. The fraction of sp³-hybridized carbons (Fsp3) is 0.500. The molecular formula is C2H4NaO3P+. The second kappa shape index (κ2) is 9.88. The molecule has 0 aliphatic rings. The van der Waals surface area contributed by atoms with Crippen LogP contribution >= 0.6 is 8.69 Å². The summed E-state index contributed by atoms with van der Waals surface area (Å²) < 4.78 is 13.4. The summed E-state index contributed by atoms with van der Waals surface area (Å²) in [6.07, 6.45) is 0.547. The second-order valence-corrected chi connectivity index (χ2v) is 1.02. The molecule has 0 N–H and O–H groups in total. The first-order chi connectivity index (χ1) is 2.91. The first-order valence-electron chi connectivity index (χ1n) is 1.34. The zero-order valence-electron chi connectivity index (χ0n) is 4.01. The van der Waals surface area contributed by atoms with Crippen molar-refractivity contribution in [1.82, 2.24) is 0 Å². The van der Waals surface area contributed by atoms with Gasteiger partial charge in [0.25, 0.3) is 0 Å². The zero-order chi connectivity index (χ0) is 4.83. The molecule has 0 aromatic heterocycles. The average molecular weight is 130 g/mol. The molecule has 0 saturated carbocycles. The minimum atomic E-state index is -0.817. The molecule has 5 heteroatoms. The Balaban J connectivity index is 0. The smallest absolute Gasteiger partial charge is 0.301 e. The summed E-state index contributed by atoms with van der Waals surface area (Å²) in [7, 11) is -0.817. The molecule has 1 atom stereocenters. The second-order valence-electron chi connectivity index (χ2n) is 0.561. The largest absolute Gasteiger partial charge is 0.494 e. The van der Waals surface area contributed by atoms with Crippen molar-refractivity contribution >= 4 is 44.5 Å². The summed E-state index contributed by atoms with van der Waals surface area (Å²) in [4.78, 5) is 9.30. The Hall–Kier alpha value is 0.730. The van der Waals surface area contributed by atoms with E-state index in [1.807, 2.05) is 0 Å². The Kier molecular flexibility index (Phi) is 15.0. The Bertz CT molecular complexity index is 48.9. The van der Waals surface area contributed by atoms with Crippen molar-refractivity contribution in [3.8, 4) is 0 Å². The van der Waals surface area contributed by atoms with Gasteiger partial charge in [0, 0.05) is 29.6 Å². The van der Waals surface area contributed by atoms with E-state index >= 15 is 0 Å². The topological polar surface area (TPSA) is 43.4 Å². The van der Waals surface area contributed by atoms with E-state index in [1.165, 1.54) is 0 Å². The number of hydrogen-bond acceptors (Lipinski definition) is 3. The van der Waals surface area contributed by atoms with Gasteiger partial charge in [0.15, 0.2) is 12.9 Å². The molecule has 0 amide bonds. The van der Waals surface area contributed by atoms with Crippen molar-refractivity contribution in [2.24, 2.45) is 0 Å². The van der Waals surface area contributed by atoms with E-state index in [-0.39, 0.29) is 36.2 Å². The van der Waals surface area contributed by atoms with Gasteiger partial charge in [-0.15, -0.1) is 4.52 Å². The first-order valence-corrected chi connectivity index (χ1v) is 2.16. The van der Waals surface area contributed by atoms with E-state index < -0.39 is 8.69 Å². The molecule has 0 aliphatic carbocycles. The third-order valence-corrected chi connectivity index (χ3v) is 0.495. The maximum Gasteiger partial charge on any atom is 0.494 e. The van der Waals surface area contributed by atoms with Crippen LogP contribution in [-0.2, 0) is 13.9 Å². The third-order valence-electron chi connectivity index (χ3n) is 0.210. The number of hydrogen-bond donors (Lipinski definition) is 0. The summed E-state index contributed by atoms with van der Waals surface area (Å²) >= 11 is 0. The Morgan fingerprint density at radius 1 is 1.71 bits per heavy atom. The molecule has 0 fully saturated rings. The van der Waals surface area contributed by atoms with E-state index in [9.17, 15) is 9.36 Å². The maximum absolute atomic E-state index is 9.34. The molecule has 35 valence electrons. The fourth-order valence-corrected chi connectivity index (χ4v) is 0.204. The van der Waals surface area contributed by atoms with Gasteiger partial charge in [-0.1, -0.05) is 0 Å². The van der Waals surface area contributed by atoms with Crippen molar-refractivity contribution < 1.29 is 13.9 Å². The van der Waals surface area contributed by atoms with Crippen molar-refractivity contribution in [3.63, 3.8) is 0 Å². The molecule has 0 spiro atoms. The van der Waals surface area contributed by atoms with Gasteiger partial charge in [-0.2, -0.15) is 0 Å². The van der Waals surface area contributed by atoms with E-state index in [4.69, 9.17) is 0 Å². The van der Waals surface area contributed by atoms with E-state index in [1.54, 1.807) is 0 Å². The van der Waals surface area contributed by atoms with E-state index in [0.717, 1.165) is 0 Å². The summed E-state index contributed by atoms with van der Waals surface area (Å²) in [5.41, 5.74) is 0. The normalized spacial score (nSPS) is 7.43. The van der Waals surface area contributed by atoms with Gasteiger partial charge in [-0.25, -0.2) is 0 Å². The molecule has 1 unspecified atom stereocenters. The van der Waals surface area contributed by atoms with Crippen LogP contribution in [-0.4, -0.2) is 42.5 Å². The standard InChI is InChI=1S/C2H4O3P.Na/c3-1-2-5-6-4;/h1,6H,2H2;/q+1;. The minimum Gasteiger partial charge on any atom is -0.301 e. The molecule has 0 saturated heterocycles. The Morgan fingerprint density at radius 3 is 2.43 bits per heavy atom. The van der Waals surface area contributed by atoms with Crippen LogP contribution in [0.15, 0.2) is 0 Å². The number of carbonyl (C=O) groups excluding carboxylic acids is 1. The van der Waals surface area contributed by atoms with Crippen molar-refractivity contribution in [3.05, 3.63) is 0 Å². The summed E-state index contributed by atoms with van der Waals surface area (Å²) in [5, 5.41) is 0. The molecule has 3 nitrogen and oxygen atoms in total. The predicted octanol–water partition coefficient (Wildman–Crippen LogP) is -0.240. The van der Waals surface area contributed by atoms with Crippen molar-refractivity contribution in [2.75, 3.05) is 6.61 Å². The Labute approximate surface area is 65.0 Å². The van der Waals surface area contributed by atoms with Gasteiger partial charge in [-0.3, -0.25) is 0 Å². The van der Waals surface area contributed by atoms with Gasteiger partial charge >= 0.3 is 8.69 Å². The number of carbonyl (C=O) groups is 1. The fourth-order valence-electron chi connectivity index (χ4n) is 0.0680. The number of rotatable bonds is 3. The van der Waals surface area contributed by atoms with E-state index in [2.05, 4.69) is 4.52 Å². The molecule has 0 rings (SSSR count). The van der Waals surface area contributed by atoms with Crippen LogP contribution in [0.25, 0.3) is 0 Å². The van der Waals surface area contributed by atoms with Crippen LogP contribution in [0.2, 0.25) is 0 Å². The van der Waals surface area contributed by atoms with E-state index in [0.29, 0.717) is 6.29 Å². The average Bonchev–Trinajstić information content (AvgIpc) is 1.61. The number of aldehydes is 1. The monoisotopic (exact) mass is 130 g/mol. The van der Waals surface area contributed by atoms with Gasteiger partial charge in [0.2, 0.25) is 0 Å². The molecule has 1 radical (unpaired) electrons. The summed E-state index contributed by atoms with van der Waals surface area (Å²) in [6, 6.07) is 0. The van der Waals surface area contributed by atoms with Gasteiger partial charge in [-0.05, 0) is 4.57 Å².